The largest absolute Gasteiger partial charge is 0.390 e. The third-order valence-corrected chi connectivity index (χ3v) is 6.23. The molecule has 0 aliphatic rings. The van der Waals surface area contributed by atoms with Crippen molar-refractivity contribution < 1.29 is 18.7 Å². The predicted octanol–water partition coefficient (Wildman–Crippen LogP) is 2.55. The van der Waals surface area contributed by atoms with Gasteiger partial charge in [0.25, 0.3) is 5.91 Å². The fourth-order valence-electron chi connectivity index (χ4n) is 4.24. The molecule has 1 amide bonds. The van der Waals surface area contributed by atoms with Crippen molar-refractivity contribution in [1.29, 1.82) is 0 Å². The number of aliphatic hydroxyl groups is 1. The molecule has 0 fully saturated rings. The minimum Gasteiger partial charge on any atom is -0.390 e. The minimum atomic E-state index is -1.10. The Kier molecular flexibility index (Phi) is 8.45. The zero-order chi connectivity index (χ0) is 27.2. The van der Waals surface area contributed by atoms with Crippen LogP contribution in [0.2, 0.25) is 0 Å². The Labute approximate surface area is 216 Å². The summed E-state index contributed by atoms with van der Waals surface area (Å²) in [5, 5.41) is 16.9. The van der Waals surface area contributed by atoms with Crippen LogP contribution in [0.3, 0.4) is 0 Å². The van der Waals surface area contributed by atoms with E-state index in [2.05, 4.69) is 33.6 Å². The van der Waals surface area contributed by atoms with Gasteiger partial charge in [0.2, 0.25) is 0 Å². The fourth-order valence-corrected chi connectivity index (χ4v) is 4.24. The van der Waals surface area contributed by atoms with Gasteiger partial charge < -0.3 is 25.7 Å². The number of aromatic amines is 2. The Bertz CT molecular complexity index is 1550. The topological polar surface area (TPSA) is 127 Å². The van der Waals surface area contributed by atoms with Crippen molar-refractivity contribution in [2.45, 2.75) is 38.5 Å². The molecule has 0 unspecified atom stereocenters. The predicted molar refractivity (Wildman–Crippen MR) is 140 cm³/mol. The average molecular weight is 523 g/mol. The third-order valence-electron chi connectivity index (χ3n) is 6.23. The van der Waals surface area contributed by atoms with Crippen LogP contribution in [0.5, 0.6) is 0 Å². The van der Waals surface area contributed by atoms with Crippen LogP contribution in [0.4, 0.5) is 8.78 Å². The van der Waals surface area contributed by atoms with E-state index in [4.69, 9.17) is 0 Å². The zero-order valence-corrected chi connectivity index (χ0v) is 20.7. The maximum Gasteiger partial charge on any atom is 0.314 e. The lowest BCUT2D eigenvalue weighted by Crippen LogP contribution is -2.48. The van der Waals surface area contributed by atoms with Crippen molar-refractivity contribution in [3.05, 3.63) is 115 Å². The van der Waals surface area contributed by atoms with E-state index in [-0.39, 0.29) is 29.6 Å². The molecule has 38 heavy (non-hydrogen) atoms. The van der Waals surface area contributed by atoms with Gasteiger partial charge in [-0.2, -0.15) is 0 Å². The molecular weight excluding hydrogens is 494 g/mol. The summed E-state index contributed by atoms with van der Waals surface area (Å²) in [4.78, 5) is 41.1. The number of nitrogens with one attached hydrogen (secondary N) is 4. The molecular formula is C28H28F2N4O4. The summed E-state index contributed by atoms with van der Waals surface area (Å²) in [7, 11) is 0. The number of hydrogen-bond acceptors (Lipinski definition) is 5. The number of fused-ring (bicyclic) bond motifs is 1. The molecule has 0 saturated carbocycles. The number of hydrogen-bond donors (Lipinski definition) is 5. The summed E-state index contributed by atoms with van der Waals surface area (Å²) in [6, 6.07) is 14.5. The maximum atomic E-state index is 13.8. The Hall–Kier alpha value is -4.15. The molecule has 0 bridgehead atoms. The number of carbonyl (C=O) groups is 1. The van der Waals surface area contributed by atoms with Crippen molar-refractivity contribution in [2.24, 2.45) is 0 Å². The average Bonchev–Trinajstić information content (AvgIpc) is 2.88. The Balaban J connectivity index is 1.52. The summed E-state index contributed by atoms with van der Waals surface area (Å²) in [6.07, 6.45) is -0.240. The Morgan fingerprint density at radius 3 is 2.29 bits per heavy atom. The van der Waals surface area contributed by atoms with E-state index in [9.17, 15) is 28.3 Å². The van der Waals surface area contributed by atoms with Gasteiger partial charge in [-0.25, -0.2) is 8.78 Å². The first-order valence-electron chi connectivity index (χ1n) is 12.2. The highest BCUT2D eigenvalue weighted by molar-refractivity contribution is 5.97. The highest BCUT2D eigenvalue weighted by Gasteiger charge is 2.23. The molecule has 8 nitrogen and oxygen atoms in total. The number of aliphatic hydroxyl groups excluding tert-OH is 1. The molecule has 2 atom stereocenters. The Morgan fingerprint density at radius 2 is 1.58 bits per heavy atom. The molecule has 1 aromatic heterocycles. The van der Waals surface area contributed by atoms with Crippen molar-refractivity contribution in [1.82, 2.24) is 20.6 Å². The van der Waals surface area contributed by atoms with E-state index in [1.165, 1.54) is 23.8 Å². The van der Waals surface area contributed by atoms with Gasteiger partial charge in [-0.15, -0.1) is 0 Å². The minimum absolute atomic E-state index is 0.0354. The standard InChI is InChI=1S/C28H28F2N4O4/c1-2-16-4-3-5-17(8-16)14-31-15-25(35)24(11-18-9-20(29)13-21(30)10-18)34-26(36)19-6-7-22-23(12-19)33-28(38)27(37)32-22/h3-10,12-13,24-25,31,35H,2,11,14-15H2,1H3,(H,32,37)(H,33,38)(H,34,36)/t24-,25-/m0/s1. The van der Waals surface area contributed by atoms with Crippen LogP contribution in [-0.4, -0.2) is 39.7 Å². The zero-order valence-electron chi connectivity index (χ0n) is 20.7. The second kappa shape index (κ2) is 11.9. The number of aryl methyl sites for hydroxylation is 1. The molecule has 4 rings (SSSR count). The summed E-state index contributed by atoms with van der Waals surface area (Å²) in [5.41, 5.74) is 1.57. The number of aromatic nitrogens is 2. The number of carbonyl (C=O) groups excluding carboxylic acids is 1. The van der Waals surface area contributed by atoms with E-state index in [0.29, 0.717) is 12.1 Å². The van der Waals surface area contributed by atoms with Gasteiger partial charge in [-0.3, -0.25) is 14.4 Å². The van der Waals surface area contributed by atoms with Crippen LogP contribution in [0.15, 0.2) is 70.3 Å². The highest BCUT2D eigenvalue weighted by Crippen LogP contribution is 2.14. The lowest BCUT2D eigenvalue weighted by Gasteiger charge is -2.25. The summed E-state index contributed by atoms with van der Waals surface area (Å²) in [6.45, 7) is 2.65. The van der Waals surface area contributed by atoms with Gasteiger partial charge in [-0.05, 0) is 59.9 Å². The lowest BCUT2D eigenvalue weighted by molar-refractivity contribution is 0.0830. The van der Waals surface area contributed by atoms with Gasteiger partial charge in [-0.1, -0.05) is 31.2 Å². The Morgan fingerprint density at radius 1 is 0.895 bits per heavy atom. The van der Waals surface area contributed by atoms with E-state index >= 15 is 0 Å². The van der Waals surface area contributed by atoms with Crippen LogP contribution in [-0.2, 0) is 19.4 Å². The SMILES string of the molecule is CCc1cccc(CNC[C@H](O)[C@H](Cc2cc(F)cc(F)c2)NC(=O)c2ccc3[nH]c(=O)c(=O)[nH]c3c2)c1. The van der Waals surface area contributed by atoms with Gasteiger partial charge in [0.15, 0.2) is 0 Å². The van der Waals surface area contributed by atoms with Crippen molar-refractivity contribution in [3.8, 4) is 0 Å². The molecule has 0 radical (unpaired) electrons. The number of halogens is 2. The highest BCUT2D eigenvalue weighted by atomic mass is 19.1. The lowest BCUT2D eigenvalue weighted by atomic mass is 10.00. The molecule has 0 spiro atoms. The first-order valence-corrected chi connectivity index (χ1v) is 12.2. The summed E-state index contributed by atoms with van der Waals surface area (Å²) < 4.78 is 27.6. The van der Waals surface area contributed by atoms with Crippen LogP contribution < -0.4 is 21.8 Å². The number of rotatable bonds is 10. The van der Waals surface area contributed by atoms with Crippen molar-refractivity contribution >= 4 is 16.9 Å². The maximum absolute atomic E-state index is 13.8. The molecule has 0 saturated heterocycles. The fraction of sp³-hybridized carbons (Fsp3) is 0.250. The molecule has 198 valence electrons. The molecule has 4 aromatic rings. The van der Waals surface area contributed by atoms with Crippen LogP contribution >= 0.6 is 0 Å². The van der Waals surface area contributed by atoms with E-state index in [1.54, 1.807) is 0 Å². The second-order valence-corrected chi connectivity index (χ2v) is 9.10. The molecule has 3 aromatic carbocycles. The van der Waals surface area contributed by atoms with Gasteiger partial charge in [0, 0.05) is 24.7 Å². The smallest absolute Gasteiger partial charge is 0.314 e. The molecule has 1 heterocycles. The second-order valence-electron chi connectivity index (χ2n) is 9.10. The van der Waals surface area contributed by atoms with E-state index in [1.807, 2.05) is 18.2 Å². The van der Waals surface area contributed by atoms with Crippen LogP contribution in [0.1, 0.15) is 34.0 Å². The van der Waals surface area contributed by atoms with Crippen LogP contribution in [0, 0.1) is 11.6 Å². The van der Waals surface area contributed by atoms with E-state index < -0.39 is 40.8 Å². The number of amides is 1. The molecule has 0 aliphatic carbocycles. The van der Waals surface area contributed by atoms with Gasteiger partial charge in [0.05, 0.1) is 23.2 Å². The van der Waals surface area contributed by atoms with Crippen LogP contribution in [0.25, 0.3) is 11.0 Å². The summed E-state index contributed by atoms with van der Waals surface area (Å²) >= 11 is 0. The van der Waals surface area contributed by atoms with Gasteiger partial charge in [0.1, 0.15) is 11.6 Å². The molecule has 5 N–H and O–H groups in total. The molecule has 0 aliphatic heterocycles. The monoisotopic (exact) mass is 522 g/mol. The number of H-pyrrole nitrogens is 2. The van der Waals surface area contributed by atoms with Crippen molar-refractivity contribution in [2.75, 3.05) is 6.54 Å². The normalized spacial score (nSPS) is 12.8. The molecule has 10 heteroatoms. The van der Waals surface area contributed by atoms with E-state index in [0.717, 1.165) is 30.2 Å². The van der Waals surface area contributed by atoms with Crippen molar-refractivity contribution in [3.63, 3.8) is 0 Å². The number of benzene rings is 3. The first-order chi connectivity index (χ1) is 18.2. The third kappa shape index (κ3) is 6.78. The van der Waals surface area contributed by atoms with Gasteiger partial charge >= 0.3 is 11.1 Å². The first kappa shape index (κ1) is 26.9. The quantitative estimate of drug-likeness (QED) is 0.205. The summed E-state index contributed by atoms with van der Waals surface area (Å²) in [5.74, 6) is -2.10.